The number of aromatic nitrogens is 2. The Morgan fingerprint density at radius 1 is 1.16 bits per heavy atom. The van der Waals surface area contributed by atoms with E-state index < -0.39 is 5.82 Å². The molecule has 3 nitrogen and oxygen atoms in total. The third-order valence-electron chi connectivity index (χ3n) is 3.01. The summed E-state index contributed by atoms with van der Waals surface area (Å²) < 4.78 is 18.5. The minimum Gasteiger partial charge on any atom is -0.422 e. The number of oxazole rings is 1. The van der Waals surface area contributed by atoms with Gasteiger partial charge in [0.15, 0.2) is 5.89 Å². The van der Waals surface area contributed by atoms with E-state index in [1.54, 1.807) is 0 Å². The van der Waals surface area contributed by atoms with Crippen molar-refractivity contribution < 1.29 is 8.81 Å². The van der Waals surface area contributed by atoms with Crippen molar-refractivity contribution in [2.75, 3.05) is 0 Å². The van der Waals surface area contributed by atoms with Gasteiger partial charge in [0.05, 0.1) is 6.20 Å². The summed E-state index contributed by atoms with van der Waals surface area (Å²) in [7, 11) is 0. The topological polar surface area (TPSA) is 38.9 Å². The van der Waals surface area contributed by atoms with Gasteiger partial charge in [-0.25, -0.2) is 14.4 Å². The molecule has 2 aromatic heterocycles. The summed E-state index contributed by atoms with van der Waals surface area (Å²) in [4.78, 5) is 8.10. The maximum Gasteiger partial charge on any atom is 0.247 e. The second-order valence-corrected chi connectivity index (χ2v) is 4.57. The van der Waals surface area contributed by atoms with Crippen LogP contribution < -0.4 is 0 Å². The number of hydrogen-bond acceptors (Lipinski definition) is 3. The number of pyridine rings is 1. The first kappa shape index (κ1) is 11.8. The lowest BCUT2D eigenvalue weighted by atomic mass is 10.1. The van der Waals surface area contributed by atoms with Crippen LogP contribution >= 0.6 is 0 Å². The standard InChI is InChI=1S/C15H13FN2O/c1-10-2-4-11(5-3-10)6-7-14-18-13-8-12(16)9-17-15(13)19-14/h2-5,8-9H,6-7H2,1H3. The Hall–Kier alpha value is -2.23. The third-order valence-corrected chi connectivity index (χ3v) is 3.01. The molecule has 0 amide bonds. The van der Waals surface area contributed by atoms with Crippen LogP contribution in [-0.2, 0) is 12.8 Å². The van der Waals surface area contributed by atoms with Crippen molar-refractivity contribution in [2.45, 2.75) is 19.8 Å². The largest absolute Gasteiger partial charge is 0.422 e. The molecule has 0 atom stereocenters. The first-order chi connectivity index (χ1) is 9.20. The fourth-order valence-electron chi connectivity index (χ4n) is 1.96. The highest BCUT2D eigenvalue weighted by Gasteiger charge is 2.08. The summed E-state index contributed by atoms with van der Waals surface area (Å²) in [5, 5.41) is 0. The lowest BCUT2D eigenvalue weighted by Crippen LogP contribution is -1.91. The second-order valence-electron chi connectivity index (χ2n) is 4.57. The quantitative estimate of drug-likeness (QED) is 0.720. The molecular weight excluding hydrogens is 243 g/mol. The van der Waals surface area contributed by atoms with Crippen molar-refractivity contribution in [3.63, 3.8) is 0 Å². The zero-order chi connectivity index (χ0) is 13.2. The Morgan fingerprint density at radius 2 is 1.95 bits per heavy atom. The molecule has 0 aliphatic rings. The number of hydrogen-bond donors (Lipinski definition) is 0. The van der Waals surface area contributed by atoms with Gasteiger partial charge in [-0.15, -0.1) is 0 Å². The van der Waals surface area contributed by atoms with Crippen molar-refractivity contribution in [1.29, 1.82) is 0 Å². The van der Waals surface area contributed by atoms with E-state index in [4.69, 9.17) is 4.42 Å². The fourth-order valence-corrected chi connectivity index (χ4v) is 1.96. The lowest BCUT2D eigenvalue weighted by molar-refractivity contribution is 0.519. The van der Waals surface area contributed by atoms with E-state index in [-0.39, 0.29) is 0 Å². The van der Waals surface area contributed by atoms with Gasteiger partial charge < -0.3 is 4.42 Å². The van der Waals surface area contributed by atoms with Crippen LogP contribution in [-0.4, -0.2) is 9.97 Å². The molecule has 0 unspecified atom stereocenters. The summed E-state index contributed by atoms with van der Waals surface area (Å²) in [6.07, 6.45) is 2.66. The number of rotatable bonds is 3. The zero-order valence-electron chi connectivity index (χ0n) is 10.6. The molecule has 2 heterocycles. The highest BCUT2D eigenvalue weighted by molar-refractivity contribution is 5.67. The summed E-state index contributed by atoms with van der Waals surface area (Å²) in [6.45, 7) is 2.06. The van der Waals surface area contributed by atoms with E-state index in [2.05, 4.69) is 41.2 Å². The first-order valence-corrected chi connectivity index (χ1v) is 6.17. The van der Waals surface area contributed by atoms with Gasteiger partial charge >= 0.3 is 0 Å². The summed E-state index contributed by atoms with van der Waals surface area (Å²) in [5.74, 6) is 0.194. The minimum atomic E-state index is -0.397. The van der Waals surface area contributed by atoms with Crippen LogP contribution in [0.1, 0.15) is 17.0 Å². The number of halogens is 1. The summed E-state index contributed by atoms with van der Waals surface area (Å²) >= 11 is 0. The van der Waals surface area contributed by atoms with E-state index >= 15 is 0 Å². The monoisotopic (exact) mass is 256 g/mol. The van der Waals surface area contributed by atoms with E-state index in [9.17, 15) is 4.39 Å². The molecule has 0 saturated carbocycles. The number of nitrogens with zero attached hydrogens (tertiary/aromatic N) is 2. The van der Waals surface area contributed by atoms with Crippen LogP contribution in [0, 0.1) is 12.7 Å². The van der Waals surface area contributed by atoms with E-state index in [0.29, 0.717) is 23.5 Å². The Balaban J connectivity index is 1.76. The van der Waals surface area contributed by atoms with Crippen molar-refractivity contribution in [2.24, 2.45) is 0 Å². The van der Waals surface area contributed by atoms with Gasteiger partial charge in [0, 0.05) is 12.5 Å². The molecule has 0 radical (unpaired) electrons. The number of fused-ring (bicyclic) bond motifs is 1. The molecule has 0 fully saturated rings. The first-order valence-electron chi connectivity index (χ1n) is 6.17. The molecule has 0 spiro atoms. The van der Waals surface area contributed by atoms with Crippen LogP contribution in [0.4, 0.5) is 4.39 Å². The molecule has 4 heteroatoms. The molecule has 3 rings (SSSR count). The molecular formula is C15H13FN2O. The Morgan fingerprint density at radius 3 is 2.74 bits per heavy atom. The maximum atomic E-state index is 13.0. The lowest BCUT2D eigenvalue weighted by Gasteiger charge is -1.99. The van der Waals surface area contributed by atoms with Crippen LogP contribution in [0.3, 0.4) is 0 Å². The van der Waals surface area contributed by atoms with E-state index in [0.717, 1.165) is 12.6 Å². The van der Waals surface area contributed by atoms with Crippen molar-refractivity contribution in [3.05, 3.63) is 59.4 Å². The molecule has 96 valence electrons. The fraction of sp³-hybridized carbons (Fsp3) is 0.200. The SMILES string of the molecule is Cc1ccc(CCc2nc3cc(F)cnc3o2)cc1. The van der Waals surface area contributed by atoms with Crippen molar-refractivity contribution in [3.8, 4) is 0 Å². The molecule has 0 N–H and O–H groups in total. The van der Waals surface area contributed by atoms with Gasteiger partial charge in [-0.3, -0.25) is 0 Å². The van der Waals surface area contributed by atoms with Gasteiger partial charge in [0.25, 0.3) is 0 Å². The van der Waals surface area contributed by atoms with Gasteiger partial charge in [0.1, 0.15) is 11.3 Å². The normalized spacial score (nSPS) is 11.1. The van der Waals surface area contributed by atoms with Gasteiger partial charge in [-0.1, -0.05) is 29.8 Å². The summed E-state index contributed by atoms with van der Waals surface area (Å²) in [5.41, 5.74) is 3.33. The van der Waals surface area contributed by atoms with E-state index in [1.807, 2.05) is 0 Å². The van der Waals surface area contributed by atoms with Crippen LogP contribution in [0.25, 0.3) is 11.2 Å². The van der Waals surface area contributed by atoms with Crippen molar-refractivity contribution >= 4 is 11.2 Å². The Bertz CT molecular complexity index is 704. The van der Waals surface area contributed by atoms with E-state index in [1.165, 1.54) is 17.2 Å². The third kappa shape index (κ3) is 2.62. The highest BCUT2D eigenvalue weighted by atomic mass is 19.1. The molecule has 0 aliphatic carbocycles. The number of benzene rings is 1. The van der Waals surface area contributed by atoms with Crippen molar-refractivity contribution in [1.82, 2.24) is 9.97 Å². The zero-order valence-corrected chi connectivity index (χ0v) is 10.6. The molecule has 19 heavy (non-hydrogen) atoms. The smallest absolute Gasteiger partial charge is 0.247 e. The van der Waals surface area contributed by atoms with Crippen LogP contribution in [0.2, 0.25) is 0 Å². The predicted molar refractivity (Wildman–Crippen MR) is 70.3 cm³/mol. The van der Waals surface area contributed by atoms with Crippen LogP contribution in [0.15, 0.2) is 40.9 Å². The molecule has 3 aromatic rings. The average molecular weight is 256 g/mol. The minimum absolute atomic E-state index is 0.389. The Kier molecular flexibility index (Phi) is 2.99. The molecule has 0 bridgehead atoms. The van der Waals surface area contributed by atoms with Gasteiger partial charge in [0.2, 0.25) is 5.71 Å². The maximum absolute atomic E-state index is 13.0. The molecule has 0 saturated heterocycles. The van der Waals surface area contributed by atoms with Gasteiger partial charge in [-0.2, -0.15) is 0 Å². The molecule has 1 aromatic carbocycles. The van der Waals surface area contributed by atoms with Gasteiger partial charge in [-0.05, 0) is 18.9 Å². The average Bonchev–Trinajstić information content (AvgIpc) is 2.80. The molecule has 0 aliphatic heterocycles. The second kappa shape index (κ2) is 4.80. The number of aryl methyl sites for hydroxylation is 3. The summed E-state index contributed by atoms with van der Waals surface area (Å²) in [6, 6.07) is 9.68. The van der Waals surface area contributed by atoms with Crippen LogP contribution in [0.5, 0.6) is 0 Å². The highest BCUT2D eigenvalue weighted by Crippen LogP contribution is 2.15. The predicted octanol–water partition coefficient (Wildman–Crippen LogP) is 3.46. The Labute approximate surface area is 110 Å².